The molecule has 0 saturated carbocycles. The molecule has 1 amide bonds. The monoisotopic (exact) mass is 354 g/mol. The topological polar surface area (TPSA) is 84.9 Å². The number of hydrogen-bond acceptors (Lipinski definition) is 5. The van der Waals surface area contributed by atoms with Gasteiger partial charge in [0.15, 0.2) is 11.5 Å². The van der Waals surface area contributed by atoms with Crippen molar-refractivity contribution in [2.24, 2.45) is 5.92 Å². The molecule has 0 radical (unpaired) electrons. The van der Waals surface area contributed by atoms with Gasteiger partial charge in [-0.1, -0.05) is 0 Å². The molecule has 24 heavy (non-hydrogen) atoms. The summed E-state index contributed by atoms with van der Waals surface area (Å²) in [4.78, 5) is 12.4. The van der Waals surface area contributed by atoms with Crippen molar-refractivity contribution < 1.29 is 22.7 Å². The summed E-state index contributed by atoms with van der Waals surface area (Å²) in [5.74, 6) is 1.14. The van der Waals surface area contributed by atoms with Crippen molar-refractivity contribution >= 4 is 21.6 Å². The molecule has 3 rings (SSSR count). The Labute approximate surface area is 142 Å². The summed E-state index contributed by atoms with van der Waals surface area (Å²) in [5.41, 5.74) is 0.660. The van der Waals surface area contributed by atoms with Gasteiger partial charge >= 0.3 is 0 Å². The molecule has 0 atom stereocenters. The lowest BCUT2D eigenvalue weighted by molar-refractivity contribution is -0.120. The second-order valence-electron chi connectivity index (χ2n) is 5.92. The summed E-state index contributed by atoms with van der Waals surface area (Å²) in [6.07, 6.45) is 1.07. The van der Waals surface area contributed by atoms with E-state index in [-0.39, 0.29) is 17.6 Å². The number of hydrogen-bond donors (Lipinski definition) is 1. The quantitative estimate of drug-likeness (QED) is 0.885. The molecule has 1 aromatic carbocycles. The first kappa shape index (κ1) is 17.0. The number of amides is 1. The van der Waals surface area contributed by atoms with E-state index in [9.17, 15) is 13.2 Å². The summed E-state index contributed by atoms with van der Waals surface area (Å²) < 4.78 is 36.1. The highest BCUT2D eigenvalue weighted by atomic mass is 32.2. The summed E-state index contributed by atoms with van der Waals surface area (Å²) in [7, 11) is -3.17. The molecular weight excluding hydrogens is 332 g/mol. The molecule has 0 bridgehead atoms. The van der Waals surface area contributed by atoms with Gasteiger partial charge < -0.3 is 14.8 Å². The molecule has 1 aromatic rings. The Bertz CT molecular complexity index is 711. The number of piperidine rings is 1. The van der Waals surface area contributed by atoms with Gasteiger partial charge in [-0.05, 0) is 31.9 Å². The highest BCUT2D eigenvalue weighted by Crippen LogP contribution is 2.33. The van der Waals surface area contributed by atoms with E-state index in [2.05, 4.69) is 5.32 Å². The Morgan fingerprint density at radius 2 is 1.88 bits per heavy atom. The van der Waals surface area contributed by atoms with Crippen LogP contribution in [0.25, 0.3) is 0 Å². The predicted octanol–water partition coefficient (Wildman–Crippen LogP) is 1.46. The molecule has 1 saturated heterocycles. The van der Waals surface area contributed by atoms with E-state index in [0.29, 0.717) is 56.3 Å². The zero-order valence-corrected chi connectivity index (χ0v) is 14.5. The van der Waals surface area contributed by atoms with E-state index >= 15 is 0 Å². The number of nitrogens with zero attached hydrogens (tertiary/aromatic N) is 1. The van der Waals surface area contributed by atoms with Crippen molar-refractivity contribution in [3.63, 3.8) is 0 Å². The van der Waals surface area contributed by atoms with Crippen LogP contribution in [0.3, 0.4) is 0 Å². The van der Waals surface area contributed by atoms with Crippen molar-refractivity contribution in [1.82, 2.24) is 4.31 Å². The van der Waals surface area contributed by atoms with Crippen molar-refractivity contribution in [3.05, 3.63) is 18.2 Å². The molecule has 1 N–H and O–H groups in total. The average Bonchev–Trinajstić information content (AvgIpc) is 2.61. The zero-order chi connectivity index (χ0) is 17.2. The van der Waals surface area contributed by atoms with Gasteiger partial charge in [0.2, 0.25) is 15.9 Å². The van der Waals surface area contributed by atoms with Crippen LogP contribution in [-0.4, -0.2) is 50.7 Å². The van der Waals surface area contributed by atoms with Crippen LogP contribution in [0.1, 0.15) is 19.8 Å². The predicted molar refractivity (Wildman–Crippen MR) is 89.8 cm³/mol. The number of benzene rings is 1. The number of nitrogens with one attached hydrogen (secondary N) is 1. The third kappa shape index (κ3) is 3.64. The van der Waals surface area contributed by atoms with Gasteiger partial charge in [0.1, 0.15) is 13.2 Å². The fraction of sp³-hybridized carbons (Fsp3) is 0.562. The van der Waals surface area contributed by atoms with Crippen LogP contribution in [0.5, 0.6) is 11.5 Å². The third-order valence-electron chi connectivity index (χ3n) is 4.39. The second-order valence-corrected chi connectivity index (χ2v) is 8.18. The van der Waals surface area contributed by atoms with Crippen LogP contribution < -0.4 is 14.8 Å². The summed E-state index contributed by atoms with van der Waals surface area (Å²) >= 11 is 0. The minimum Gasteiger partial charge on any atom is -0.486 e. The lowest BCUT2D eigenvalue weighted by Gasteiger charge is -2.30. The Hall–Kier alpha value is -1.80. The molecule has 8 heteroatoms. The molecule has 2 heterocycles. The first-order valence-electron chi connectivity index (χ1n) is 8.18. The summed E-state index contributed by atoms with van der Waals surface area (Å²) in [6, 6.07) is 5.31. The van der Waals surface area contributed by atoms with Crippen LogP contribution in [0, 0.1) is 5.92 Å². The molecule has 0 unspecified atom stereocenters. The fourth-order valence-corrected chi connectivity index (χ4v) is 4.08. The standard InChI is InChI=1S/C16H22N2O5S/c1-2-24(20,21)18-7-5-12(6-8-18)16(19)17-13-3-4-14-15(11-13)23-10-9-22-14/h3-4,11-12H,2,5-10H2,1H3,(H,17,19). The largest absolute Gasteiger partial charge is 0.486 e. The summed E-state index contributed by atoms with van der Waals surface area (Å²) in [5, 5.41) is 2.89. The normalized spacial score (nSPS) is 19.0. The Balaban J connectivity index is 1.58. The maximum atomic E-state index is 12.4. The van der Waals surface area contributed by atoms with E-state index in [1.807, 2.05) is 0 Å². The molecule has 2 aliphatic heterocycles. The molecule has 0 spiro atoms. The van der Waals surface area contributed by atoms with Gasteiger partial charge in [-0.2, -0.15) is 0 Å². The molecule has 2 aliphatic rings. The molecule has 1 fully saturated rings. The highest BCUT2D eigenvalue weighted by molar-refractivity contribution is 7.89. The second kappa shape index (κ2) is 6.98. The first-order chi connectivity index (χ1) is 11.5. The molecular formula is C16H22N2O5S. The maximum Gasteiger partial charge on any atom is 0.227 e. The Morgan fingerprint density at radius 1 is 1.21 bits per heavy atom. The number of ether oxygens (including phenoxy) is 2. The zero-order valence-electron chi connectivity index (χ0n) is 13.7. The SMILES string of the molecule is CCS(=O)(=O)N1CCC(C(=O)Nc2ccc3c(c2)OCCO3)CC1. The van der Waals surface area contributed by atoms with Crippen LogP contribution in [0.4, 0.5) is 5.69 Å². The first-order valence-corrected chi connectivity index (χ1v) is 9.79. The molecule has 7 nitrogen and oxygen atoms in total. The van der Waals surface area contributed by atoms with E-state index in [1.54, 1.807) is 25.1 Å². The van der Waals surface area contributed by atoms with Crippen molar-refractivity contribution in [1.29, 1.82) is 0 Å². The van der Waals surface area contributed by atoms with Gasteiger partial charge in [0.25, 0.3) is 0 Å². The Morgan fingerprint density at radius 3 is 2.54 bits per heavy atom. The van der Waals surface area contributed by atoms with Crippen molar-refractivity contribution in [3.8, 4) is 11.5 Å². The molecule has 0 aliphatic carbocycles. The van der Waals surface area contributed by atoms with E-state index in [1.165, 1.54) is 4.31 Å². The average molecular weight is 354 g/mol. The van der Waals surface area contributed by atoms with Crippen LogP contribution in [-0.2, 0) is 14.8 Å². The minimum absolute atomic E-state index is 0.0831. The molecule has 132 valence electrons. The molecule has 0 aromatic heterocycles. The van der Waals surface area contributed by atoms with Crippen molar-refractivity contribution in [2.45, 2.75) is 19.8 Å². The van der Waals surface area contributed by atoms with Crippen LogP contribution in [0.15, 0.2) is 18.2 Å². The maximum absolute atomic E-state index is 12.4. The number of sulfonamides is 1. The third-order valence-corrected chi connectivity index (χ3v) is 6.27. The van der Waals surface area contributed by atoms with E-state index in [4.69, 9.17) is 9.47 Å². The van der Waals surface area contributed by atoms with Crippen LogP contribution in [0.2, 0.25) is 0 Å². The van der Waals surface area contributed by atoms with Gasteiger partial charge in [-0.15, -0.1) is 0 Å². The van der Waals surface area contributed by atoms with Crippen molar-refractivity contribution in [2.75, 3.05) is 37.4 Å². The summed E-state index contributed by atoms with van der Waals surface area (Å²) in [6.45, 7) is 3.45. The lowest BCUT2D eigenvalue weighted by atomic mass is 9.97. The van der Waals surface area contributed by atoms with Crippen LogP contribution >= 0.6 is 0 Å². The smallest absolute Gasteiger partial charge is 0.227 e. The van der Waals surface area contributed by atoms with Gasteiger partial charge in [0, 0.05) is 30.8 Å². The highest BCUT2D eigenvalue weighted by Gasteiger charge is 2.30. The minimum atomic E-state index is -3.17. The van der Waals surface area contributed by atoms with Gasteiger partial charge in [0.05, 0.1) is 5.75 Å². The number of anilines is 1. The number of carbonyl (C=O) groups excluding carboxylic acids is 1. The van der Waals surface area contributed by atoms with Gasteiger partial charge in [-0.25, -0.2) is 12.7 Å². The number of carbonyl (C=O) groups is 1. The van der Waals surface area contributed by atoms with Gasteiger partial charge in [-0.3, -0.25) is 4.79 Å². The number of rotatable bonds is 4. The fourth-order valence-electron chi connectivity index (χ4n) is 2.94. The lowest BCUT2D eigenvalue weighted by Crippen LogP contribution is -2.42. The van der Waals surface area contributed by atoms with E-state index in [0.717, 1.165) is 0 Å². The number of fused-ring (bicyclic) bond motifs is 1. The van der Waals surface area contributed by atoms with E-state index < -0.39 is 10.0 Å². The Kier molecular flexibility index (Phi) is 4.96.